The maximum absolute atomic E-state index is 12.7. The number of fused-ring (bicyclic) bond motifs is 2. The van der Waals surface area contributed by atoms with Crippen molar-refractivity contribution in [2.75, 3.05) is 31.5 Å². The number of aliphatic hydroxyl groups excluding tert-OH is 1. The highest BCUT2D eigenvalue weighted by molar-refractivity contribution is 6.42. The Morgan fingerprint density at radius 2 is 2.04 bits per heavy atom. The summed E-state index contributed by atoms with van der Waals surface area (Å²) < 4.78 is 0. The highest BCUT2D eigenvalue weighted by atomic mass is 35.5. The number of β-amino-alcohol motifs (C(OH)–C–C–N with tert-alkyl or cyclic N) is 1. The van der Waals surface area contributed by atoms with E-state index in [4.69, 9.17) is 23.2 Å². The molecule has 2 fully saturated rings. The first-order chi connectivity index (χ1) is 11.4. The summed E-state index contributed by atoms with van der Waals surface area (Å²) in [7, 11) is 0. The molecule has 4 rings (SSSR count). The summed E-state index contributed by atoms with van der Waals surface area (Å²) in [4.78, 5) is 27.0. The fraction of sp³-hybridized carbons (Fsp3) is 0.500. The molecule has 6 nitrogen and oxygen atoms in total. The Morgan fingerprint density at radius 3 is 2.75 bits per heavy atom. The normalized spacial score (nSPS) is 31.6. The maximum atomic E-state index is 12.7. The van der Waals surface area contributed by atoms with Crippen LogP contribution >= 0.6 is 23.2 Å². The van der Waals surface area contributed by atoms with Crippen LogP contribution in [0.3, 0.4) is 0 Å². The SMILES string of the molecule is O=C(C1CNCC1O)N1CC[C@]2(C1)C(=O)Nc1cc(Cl)c(Cl)cc12. The second-order valence-electron chi connectivity index (χ2n) is 6.69. The Bertz CT molecular complexity index is 742. The lowest BCUT2D eigenvalue weighted by molar-refractivity contribution is -0.136. The van der Waals surface area contributed by atoms with Crippen LogP contribution in [0.25, 0.3) is 0 Å². The number of likely N-dealkylation sites (tertiary alicyclic amines) is 1. The minimum absolute atomic E-state index is 0.106. The molecule has 24 heavy (non-hydrogen) atoms. The van der Waals surface area contributed by atoms with Gasteiger partial charge >= 0.3 is 0 Å². The summed E-state index contributed by atoms with van der Waals surface area (Å²) >= 11 is 12.2. The van der Waals surface area contributed by atoms with Crippen molar-refractivity contribution in [2.45, 2.75) is 17.9 Å². The lowest BCUT2D eigenvalue weighted by atomic mass is 9.81. The van der Waals surface area contributed by atoms with Crippen LogP contribution in [0.15, 0.2) is 12.1 Å². The molecule has 1 spiro atoms. The van der Waals surface area contributed by atoms with Crippen LogP contribution < -0.4 is 10.6 Å². The molecule has 8 heteroatoms. The molecule has 3 aliphatic heterocycles. The van der Waals surface area contributed by atoms with Gasteiger partial charge in [0.1, 0.15) is 0 Å². The second-order valence-corrected chi connectivity index (χ2v) is 7.50. The van der Waals surface area contributed by atoms with E-state index in [0.717, 1.165) is 5.56 Å². The first kappa shape index (κ1) is 16.1. The molecule has 2 amide bonds. The third-order valence-electron chi connectivity index (χ3n) is 5.34. The molecule has 0 saturated carbocycles. The highest BCUT2D eigenvalue weighted by Crippen LogP contribution is 2.47. The Morgan fingerprint density at radius 1 is 1.29 bits per heavy atom. The number of halogens is 2. The summed E-state index contributed by atoms with van der Waals surface area (Å²) in [5.41, 5.74) is 0.671. The number of amides is 2. The lowest BCUT2D eigenvalue weighted by Gasteiger charge is -2.25. The molecule has 0 bridgehead atoms. The van der Waals surface area contributed by atoms with Gasteiger partial charge in [-0.2, -0.15) is 0 Å². The van der Waals surface area contributed by atoms with Gasteiger partial charge in [-0.1, -0.05) is 23.2 Å². The number of carbonyl (C=O) groups is 2. The van der Waals surface area contributed by atoms with Gasteiger partial charge in [-0.05, 0) is 24.1 Å². The summed E-state index contributed by atoms with van der Waals surface area (Å²) in [5, 5.41) is 16.6. The van der Waals surface area contributed by atoms with E-state index in [1.54, 1.807) is 17.0 Å². The van der Waals surface area contributed by atoms with E-state index in [0.29, 0.717) is 48.3 Å². The smallest absolute Gasteiger partial charge is 0.237 e. The molecule has 3 atom stereocenters. The number of anilines is 1. The third-order valence-corrected chi connectivity index (χ3v) is 6.06. The van der Waals surface area contributed by atoms with E-state index in [1.807, 2.05) is 0 Å². The largest absolute Gasteiger partial charge is 0.391 e. The van der Waals surface area contributed by atoms with Crippen molar-refractivity contribution in [3.63, 3.8) is 0 Å². The molecule has 1 aromatic rings. The topological polar surface area (TPSA) is 81.7 Å². The Labute approximate surface area is 149 Å². The Balaban J connectivity index is 1.63. The van der Waals surface area contributed by atoms with Gasteiger partial charge in [0.25, 0.3) is 0 Å². The van der Waals surface area contributed by atoms with Gasteiger partial charge in [-0.25, -0.2) is 0 Å². The number of carbonyl (C=O) groups excluding carboxylic acids is 2. The van der Waals surface area contributed by atoms with Crippen LogP contribution in [-0.2, 0) is 15.0 Å². The fourth-order valence-electron chi connectivity index (χ4n) is 3.96. The minimum atomic E-state index is -0.782. The average Bonchev–Trinajstić information content (AvgIpc) is 3.22. The number of aliphatic hydroxyl groups is 1. The van der Waals surface area contributed by atoms with E-state index in [2.05, 4.69) is 10.6 Å². The molecule has 3 heterocycles. The molecular weight excluding hydrogens is 353 g/mol. The van der Waals surface area contributed by atoms with Gasteiger partial charge in [0.15, 0.2) is 0 Å². The van der Waals surface area contributed by atoms with Crippen molar-refractivity contribution in [3.8, 4) is 0 Å². The number of hydrogen-bond acceptors (Lipinski definition) is 4. The first-order valence-electron chi connectivity index (χ1n) is 7.91. The van der Waals surface area contributed by atoms with Gasteiger partial charge in [0, 0.05) is 31.9 Å². The predicted octanol–water partition coefficient (Wildman–Crippen LogP) is 0.996. The van der Waals surface area contributed by atoms with E-state index in [-0.39, 0.29) is 11.8 Å². The molecule has 3 aliphatic rings. The second kappa shape index (κ2) is 5.59. The van der Waals surface area contributed by atoms with Crippen molar-refractivity contribution < 1.29 is 14.7 Å². The Kier molecular flexibility index (Phi) is 3.76. The highest BCUT2D eigenvalue weighted by Gasteiger charge is 2.53. The molecule has 3 N–H and O–H groups in total. The maximum Gasteiger partial charge on any atom is 0.237 e. The van der Waals surface area contributed by atoms with Crippen LogP contribution in [0.1, 0.15) is 12.0 Å². The van der Waals surface area contributed by atoms with Crippen LogP contribution in [0.4, 0.5) is 5.69 Å². The van der Waals surface area contributed by atoms with Gasteiger partial charge in [0.05, 0.1) is 27.5 Å². The van der Waals surface area contributed by atoms with Gasteiger partial charge in [0.2, 0.25) is 11.8 Å². The van der Waals surface area contributed by atoms with Crippen molar-refractivity contribution in [2.24, 2.45) is 5.92 Å². The summed E-state index contributed by atoms with van der Waals surface area (Å²) in [5.74, 6) is -0.681. The summed E-state index contributed by atoms with van der Waals surface area (Å²) in [6, 6.07) is 3.37. The molecule has 2 unspecified atom stereocenters. The number of nitrogens with zero attached hydrogens (tertiary/aromatic N) is 1. The van der Waals surface area contributed by atoms with Gasteiger partial charge in [-0.15, -0.1) is 0 Å². The number of rotatable bonds is 1. The Hall–Kier alpha value is -1.34. The van der Waals surface area contributed by atoms with Crippen LogP contribution in [0.2, 0.25) is 10.0 Å². The number of hydrogen-bond donors (Lipinski definition) is 3. The van der Waals surface area contributed by atoms with Crippen LogP contribution in [0.5, 0.6) is 0 Å². The standard InChI is InChI=1S/C16H17Cl2N3O3/c17-10-3-9-12(4-11(10)18)20-15(24)16(9)1-2-21(7-16)14(23)8-5-19-6-13(8)22/h3-4,8,13,19,22H,1-2,5-7H2,(H,20,24)/t8?,13?,16-/m1/s1. The van der Waals surface area contributed by atoms with E-state index in [9.17, 15) is 14.7 Å². The molecule has 0 aromatic heterocycles. The predicted molar refractivity (Wildman–Crippen MR) is 90.3 cm³/mol. The van der Waals surface area contributed by atoms with Crippen molar-refractivity contribution in [1.82, 2.24) is 10.2 Å². The van der Waals surface area contributed by atoms with Gasteiger partial charge in [-0.3, -0.25) is 9.59 Å². The zero-order valence-electron chi connectivity index (χ0n) is 12.8. The van der Waals surface area contributed by atoms with Crippen LogP contribution in [-0.4, -0.2) is 54.1 Å². The van der Waals surface area contributed by atoms with Crippen LogP contribution in [0, 0.1) is 5.92 Å². The molecule has 2 saturated heterocycles. The zero-order valence-corrected chi connectivity index (χ0v) is 14.3. The number of nitrogens with one attached hydrogen (secondary N) is 2. The fourth-order valence-corrected chi connectivity index (χ4v) is 4.29. The monoisotopic (exact) mass is 369 g/mol. The van der Waals surface area contributed by atoms with E-state index in [1.165, 1.54) is 0 Å². The van der Waals surface area contributed by atoms with Crippen molar-refractivity contribution in [3.05, 3.63) is 27.7 Å². The first-order valence-corrected chi connectivity index (χ1v) is 8.66. The summed E-state index contributed by atoms with van der Waals surface area (Å²) in [6.07, 6.45) is -0.141. The third kappa shape index (κ3) is 2.24. The average molecular weight is 370 g/mol. The molecule has 0 aliphatic carbocycles. The van der Waals surface area contributed by atoms with Crippen molar-refractivity contribution in [1.29, 1.82) is 0 Å². The zero-order chi connectivity index (χ0) is 17.1. The molecule has 128 valence electrons. The molecular formula is C16H17Cl2N3O3. The molecule has 0 radical (unpaired) electrons. The van der Waals surface area contributed by atoms with Gasteiger partial charge < -0.3 is 20.6 Å². The quantitative estimate of drug-likeness (QED) is 0.689. The minimum Gasteiger partial charge on any atom is -0.391 e. The lowest BCUT2D eigenvalue weighted by Crippen LogP contribution is -2.43. The number of benzene rings is 1. The van der Waals surface area contributed by atoms with E-state index >= 15 is 0 Å². The summed E-state index contributed by atoms with van der Waals surface area (Å²) in [6.45, 7) is 1.67. The van der Waals surface area contributed by atoms with E-state index < -0.39 is 17.4 Å². The van der Waals surface area contributed by atoms with Crippen molar-refractivity contribution >= 4 is 40.7 Å². The molecule has 1 aromatic carbocycles.